The zero-order valence-corrected chi connectivity index (χ0v) is 28.5. The van der Waals surface area contributed by atoms with Crippen LogP contribution in [0.3, 0.4) is 0 Å². The molecule has 7 heteroatoms. The quantitative estimate of drug-likeness (QED) is 0.186. The van der Waals surface area contributed by atoms with Gasteiger partial charge in [0.25, 0.3) is 0 Å². The molecule has 0 spiro atoms. The number of anilines is 1. The molecule has 1 aromatic heterocycles. The summed E-state index contributed by atoms with van der Waals surface area (Å²) in [6.45, 7) is 12.8. The molecule has 3 aromatic rings. The Bertz CT molecular complexity index is 1300. The normalized spacial score (nSPS) is 15.4. The number of unbranched alkanes of at least 4 members (excludes halogenated alkanes) is 3. The van der Waals surface area contributed by atoms with Crippen LogP contribution >= 0.6 is 0 Å². The van der Waals surface area contributed by atoms with Gasteiger partial charge in [-0.25, -0.2) is 0 Å². The fraction of sp³-hybridized carbons (Fsp3) is 0.562. The first-order valence-corrected chi connectivity index (χ1v) is 24.1. The molecule has 1 saturated heterocycles. The Labute approximate surface area is 241 Å². The first-order valence-electron chi connectivity index (χ1n) is 15.2. The van der Waals surface area contributed by atoms with Crippen molar-refractivity contribution in [3.05, 3.63) is 54.1 Å². The van der Waals surface area contributed by atoms with Gasteiger partial charge in [-0.3, -0.25) is 0 Å². The van der Waals surface area contributed by atoms with Crippen LogP contribution in [-0.4, -0.2) is 68.9 Å². The second kappa shape index (κ2) is 13.4. The third kappa shape index (κ3) is 6.70. The van der Waals surface area contributed by atoms with Crippen LogP contribution in [0.4, 0.5) is 5.69 Å². The number of aromatic nitrogens is 1. The van der Waals surface area contributed by atoms with Gasteiger partial charge >= 0.3 is 243 Å². The average molecular weight is 659 g/mol. The van der Waals surface area contributed by atoms with Gasteiger partial charge in [-0.05, 0) is 0 Å². The van der Waals surface area contributed by atoms with E-state index in [4.69, 9.17) is 0 Å². The van der Waals surface area contributed by atoms with E-state index in [1.54, 1.807) is 12.1 Å². The van der Waals surface area contributed by atoms with Gasteiger partial charge in [-0.1, -0.05) is 0 Å². The maximum atomic E-state index is 14.6. The number of hydrogen-bond donors (Lipinski definition) is 0. The standard InChI is InChI=1S/C20H22N3O2S.3C4H9.Sn/c1-16-3-7-19(8-4-16)26(24,25)23-10-9-17-5-6-18(15-20(17)23)22-13-11-21(2)12-14-22;3*1-3-4-2;/h3-9,15H,11-14H2,1-2H3;3*1,3-4H2,2H3;. The van der Waals surface area contributed by atoms with Crippen LogP contribution in [0.15, 0.2) is 53.4 Å². The van der Waals surface area contributed by atoms with Crippen molar-refractivity contribution in [2.75, 3.05) is 38.1 Å². The monoisotopic (exact) mass is 659 g/mol. The third-order valence-electron chi connectivity index (χ3n) is 8.74. The van der Waals surface area contributed by atoms with E-state index in [0.717, 1.165) is 67.6 Å². The number of fused-ring (bicyclic) bond motifs is 1. The number of nitrogens with zero attached hydrogens (tertiary/aromatic N) is 3. The fourth-order valence-corrected chi connectivity index (χ4v) is 26.0. The molecule has 1 fully saturated rings. The first-order chi connectivity index (χ1) is 18.8. The molecule has 1 aliphatic heterocycles. The van der Waals surface area contributed by atoms with E-state index in [2.05, 4.69) is 61.9 Å². The van der Waals surface area contributed by atoms with Crippen molar-refractivity contribution >= 4 is 48.7 Å². The molecule has 214 valence electrons. The number of aryl methyl sites for hydroxylation is 1. The molecule has 0 saturated carbocycles. The Balaban J connectivity index is 1.97. The zero-order valence-electron chi connectivity index (χ0n) is 24.9. The van der Waals surface area contributed by atoms with Crippen molar-refractivity contribution in [2.45, 2.75) is 84.4 Å². The van der Waals surface area contributed by atoms with Gasteiger partial charge < -0.3 is 0 Å². The summed E-state index contributed by atoms with van der Waals surface area (Å²) in [6.07, 6.45) is 7.08. The van der Waals surface area contributed by atoms with Gasteiger partial charge in [0, 0.05) is 0 Å². The summed E-state index contributed by atoms with van der Waals surface area (Å²) < 4.78 is 36.0. The van der Waals surface area contributed by atoms with E-state index in [-0.39, 0.29) is 0 Å². The zero-order chi connectivity index (χ0) is 28.0. The Morgan fingerprint density at radius 1 is 0.769 bits per heavy atom. The molecular formula is C32H49N3O2SSn. The van der Waals surface area contributed by atoms with E-state index >= 15 is 0 Å². The topological polar surface area (TPSA) is 45.5 Å². The molecule has 0 aliphatic carbocycles. The van der Waals surface area contributed by atoms with Gasteiger partial charge in [-0.2, -0.15) is 0 Å². The molecule has 1 aliphatic rings. The van der Waals surface area contributed by atoms with Crippen LogP contribution in [0.1, 0.15) is 64.9 Å². The molecule has 0 bridgehead atoms. The van der Waals surface area contributed by atoms with Crippen molar-refractivity contribution in [1.82, 2.24) is 8.87 Å². The minimum atomic E-state index is -3.74. The number of hydrogen-bond acceptors (Lipinski definition) is 4. The molecule has 5 nitrogen and oxygen atoms in total. The number of benzene rings is 2. The Hall–Kier alpha value is -1.51. The molecular weight excluding hydrogens is 609 g/mol. The van der Waals surface area contributed by atoms with E-state index in [1.807, 2.05) is 23.0 Å². The second-order valence-corrected chi connectivity index (χ2v) is 26.6. The molecule has 2 aromatic carbocycles. The first kappa shape index (κ1) is 30.4. The van der Waals surface area contributed by atoms with Crippen molar-refractivity contribution in [3.8, 4) is 0 Å². The van der Waals surface area contributed by atoms with Crippen LogP contribution in [0.5, 0.6) is 0 Å². The Morgan fingerprint density at radius 3 is 1.87 bits per heavy atom. The summed E-state index contributed by atoms with van der Waals surface area (Å²) in [5, 5.41) is 1.07. The van der Waals surface area contributed by atoms with Crippen LogP contribution < -0.4 is 8.61 Å². The molecule has 0 radical (unpaired) electrons. The van der Waals surface area contributed by atoms with E-state index in [0.29, 0.717) is 4.90 Å². The summed E-state index contributed by atoms with van der Waals surface area (Å²) in [4.78, 5) is 5.17. The van der Waals surface area contributed by atoms with Gasteiger partial charge in [-0.15, -0.1) is 0 Å². The van der Waals surface area contributed by atoms with Crippen molar-refractivity contribution in [2.24, 2.45) is 0 Å². The number of rotatable bonds is 13. The van der Waals surface area contributed by atoms with E-state index in [1.165, 1.54) is 36.3 Å². The third-order valence-corrected chi connectivity index (χ3v) is 26.3. The molecule has 4 rings (SSSR count). The van der Waals surface area contributed by atoms with E-state index < -0.39 is 28.4 Å². The predicted molar refractivity (Wildman–Crippen MR) is 170 cm³/mol. The van der Waals surface area contributed by atoms with Crippen LogP contribution in [0.25, 0.3) is 10.9 Å². The predicted octanol–water partition coefficient (Wildman–Crippen LogP) is 6.99. The van der Waals surface area contributed by atoms with E-state index in [9.17, 15) is 8.42 Å². The average Bonchev–Trinajstić information content (AvgIpc) is 3.34. The van der Waals surface area contributed by atoms with Crippen LogP contribution in [0, 0.1) is 6.92 Å². The van der Waals surface area contributed by atoms with Gasteiger partial charge in [0.05, 0.1) is 0 Å². The minimum absolute atomic E-state index is 0.401. The molecule has 2 heterocycles. The Kier molecular flexibility index (Phi) is 10.5. The molecule has 0 unspecified atom stereocenters. The summed E-state index contributed by atoms with van der Waals surface area (Å²) in [5.74, 6) is 0. The van der Waals surface area contributed by atoms with Crippen molar-refractivity contribution in [1.29, 1.82) is 0 Å². The molecule has 0 amide bonds. The van der Waals surface area contributed by atoms with Gasteiger partial charge in [0.1, 0.15) is 0 Å². The SMILES string of the molecule is CCC[CH2][Sn]([CH2]CCC)([CH2]CCC)[c]1cc2ccc(N3CCN(C)CC3)cc2n1S(=O)(=O)c1ccc(C)cc1. The molecule has 39 heavy (non-hydrogen) atoms. The number of likely N-dealkylation sites (N-methyl/N-ethyl adjacent to an activating group) is 1. The Morgan fingerprint density at radius 2 is 1.33 bits per heavy atom. The number of piperazine rings is 1. The van der Waals surface area contributed by atoms with Crippen LogP contribution in [-0.2, 0) is 10.0 Å². The van der Waals surface area contributed by atoms with Crippen LogP contribution in [0.2, 0.25) is 13.3 Å². The van der Waals surface area contributed by atoms with Gasteiger partial charge in [0.15, 0.2) is 0 Å². The second-order valence-electron chi connectivity index (χ2n) is 11.7. The van der Waals surface area contributed by atoms with Crippen molar-refractivity contribution in [3.63, 3.8) is 0 Å². The molecule has 0 atom stereocenters. The molecule has 0 N–H and O–H groups in total. The summed E-state index contributed by atoms with van der Waals surface area (Å²) in [6, 6.07) is 16.3. The van der Waals surface area contributed by atoms with Gasteiger partial charge in [0.2, 0.25) is 0 Å². The maximum absolute atomic E-state index is 14.6. The summed E-state index contributed by atoms with van der Waals surface area (Å²) in [7, 11) is -1.57. The summed E-state index contributed by atoms with van der Waals surface area (Å²) >= 11 is -3.12. The summed E-state index contributed by atoms with van der Waals surface area (Å²) in [5.41, 5.74) is 3.08. The fourth-order valence-electron chi connectivity index (χ4n) is 6.17. The van der Waals surface area contributed by atoms with Crippen molar-refractivity contribution < 1.29 is 8.42 Å².